The van der Waals surface area contributed by atoms with Gasteiger partial charge in [0.1, 0.15) is 6.04 Å². The molecular formula is C21H34F3N3O3S. The van der Waals surface area contributed by atoms with Crippen LogP contribution in [0.25, 0.3) is 0 Å². The number of amides is 2. The second-order valence-corrected chi connectivity index (χ2v) is 9.38. The van der Waals surface area contributed by atoms with Gasteiger partial charge in [0.2, 0.25) is 12.3 Å². The summed E-state index contributed by atoms with van der Waals surface area (Å²) in [5, 5.41) is 2.40. The molecule has 0 bridgehead atoms. The molecule has 0 aromatic carbocycles. The van der Waals surface area contributed by atoms with E-state index in [0.29, 0.717) is 32.5 Å². The van der Waals surface area contributed by atoms with Gasteiger partial charge in [0, 0.05) is 36.1 Å². The molecule has 0 aromatic rings. The highest BCUT2D eigenvalue weighted by atomic mass is 32.2. The van der Waals surface area contributed by atoms with Gasteiger partial charge < -0.3 is 16.0 Å². The fourth-order valence-electron chi connectivity index (χ4n) is 3.33. The molecule has 1 aliphatic rings. The molecule has 0 radical (unpaired) electrons. The third-order valence-electron chi connectivity index (χ3n) is 5.22. The minimum Gasteiger partial charge on any atom is -0.346 e. The van der Waals surface area contributed by atoms with Crippen molar-refractivity contribution in [2.75, 3.05) is 31.1 Å². The van der Waals surface area contributed by atoms with Crippen LogP contribution in [0.15, 0.2) is 23.3 Å². The summed E-state index contributed by atoms with van der Waals surface area (Å²) in [5.41, 5.74) is 7.91. The average Bonchev–Trinajstić information content (AvgIpc) is 2.70. The van der Waals surface area contributed by atoms with Gasteiger partial charge in [-0.2, -0.15) is 13.2 Å². The van der Waals surface area contributed by atoms with Crippen LogP contribution in [0, 0.1) is 5.92 Å². The molecule has 0 saturated heterocycles. The fraction of sp³-hybridized carbons (Fsp3) is 0.714. The lowest BCUT2D eigenvalue weighted by atomic mass is 9.88. The molecule has 10 heteroatoms. The molecular weight excluding hydrogens is 431 g/mol. The first-order chi connectivity index (χ1) is 14.6. The first-order valence-corrected chi connectivity index (χ1v) is 12.1. The van der Waals surface area contributed by atoms with Gasteiger partial charge in [-0.05, 0) is 43.7 Å². The van der Waals surface area contributed by atoms with E-state index in [9.17, 15) is 27.0 Å². The lowest BCUT2D eigenvalue weighted by molar-refractivity contribution is -0.135. The summed E-state index contributed by atoms with van der Waals surface area (Å²) in [5.74, 6) is -0.536. The van der Waals surface area contributed by atoms with Gasteiger partial charge in [0.15, 0.2) is 0 Å². The van der Waals surface area contributed by atoms with E-state index in [4.69, 9.17) is 5.73 Å². The van der Waals surface area contributed by atoms with E-state index in [0.717, 1.165) is 18.4 Å². The second-order valence-electron chi connectivity index (χ2n) is 7.76. The number of nitrogens with one attached hydrogen (secondary N) is 1. The molecule has 0 saturated carbocycles. The van der Waals surface area contributed by atoms with E-state index in [1.807, 2.05) is 0 Å². The van der Waals surface area contributed by atoms with Gasteiger partial charge in [-0.15, -0.1) is 0 Å². The number of hydrogen-bond acceptors (Lipinski definition) is 4. The van der Waals surface area contributed by atoms with E-state index in [-0.39, 0.29) is 23.8 Å². The monoisotopic (exact) mass is 465 g/mol. The van der Waals surface area contributed by atoms with Crippen LogP contribution in [-0.4, -0.2) is 64.8 Å². The van der Waals surface area contributed by atoms with Gasteiger partial charge >= 0.3 is 6.18 Å². The zero-order valence-electron chi connectivity index (χ0n) is 18.2. The zero-order chi connectivity index (χ0) is 23.4. The highest BCUT2D eigenvalue weighted by Crippen LogP contribution is 2.26. The Morgan fingerprint density at radius 1 is 1.42 bits per heavy atom. The van der Waals surface area contributed by atoms with Crippen molar-refractivity contribution in [2.24, 2.45) is 11.7 Å². The lowest BCUT2D eigenvalue weighted by Gasteiger charge is -2.31. The molecule has 3 atom stereocenters. The Morgan fingerprint density at radius 3 is 2.71 bits per heavy atom. The number of allylic oxidation sites excluding steroid dienone is 3. The Hall–Kier alpha value is -1.68. The molecule has 0 heterocycles. The van der Waals surface area contributed by atoms with Crippen molar-refractivity contribution in [3.8, 4) is 0 Å². The number of hydrogen-bond donors (Lipinski definition) is 2. The van der Waals surface area contributed by atoms with Crippen LogP contribution in [0.5, 0.6) is 0 Å². The Kier molecular flexibility index (Phi) is 12.1. The normalized spacial score (nSPS) is 18.6. The molecule has 2 amide bonds. The van der Waals surface area contributed by atoms with E-state index < -0.39 is 35.3 Å². The van der Waals surface area contributed by atoms with E-state index in [2.05, 4.69) is 31.3 Å². The first-order valence-electron chi connectivity index (χ1n) is 10.6. The van der Waals surface area contributed by atoms with Crippen LogP contribution in [0.2, 0.25) is 0 Å². The van der Waals surface area contributed by atoms with Crippen LogP contribution in [-0.2, 0) is 20.4 Å². The lowest BCUT2D eigenvalue weighted by Crippen LogP contribution is -2.50. The standard InChI is InChI=1S/C21H34F3N3O3S/c1-3-17-7-6-16(2)18(12-17)13-27(10-5-9-25)20(29)19(26-15-28)14-31(30)11-4-8-21(22,23)24/h7,12,15-16,19H,3-6,8-11,13-14,25H2,1-2H3,(H,26,28). The van der Waals surface area contributed by atoms with Gasteiger partial charge in [0.25, 0.3) is 0 Å². The molecule has 0 aromatic heterocycles. The summed E-state index contributed by atoms with van der Waals surface area (Å²) in [6.45, 7) is 5.27. The first kappa shape index (κ1) is 27.4. The number of carbonyl (C=O) groups excluding carboxylic acids is 2. The Morgan fingerprint density at radius 2 is 2.13 bits per heavy atom. The number of halogens is 3. The predicted molar refractivity (Wildman–Crippen MR) is 117 cm³/mol. The molecule has 0 aliphatic heterocycles. The predicted octanol–water partition coefficient (Wildman–Crippen LogP) is 2.67. The third kappa shape index (κ3) is 10.5. The summed E-state index contributed by atoms with van der Waals surface area (Å²) in [7, 11) is -1.67. The van der Waals surface area contributed by atoms with E-state index in [1.165, 1.54) is 5.57 Å². The third-order valence-corrected chi connectivity index (χ3v) is 6.66. The summed E-state index contributed by atoms with van der Waals surface area (Å²) < 4.78 is 49.2. The maximum atomic E-state index is 13.1. The van der Waals surface area contributed by atoms with Gasteiger partial charge in [-0.25, -0.2) is 0 Å². The van der Waals surface area contributed by atoms with E-state index >= 15 is 0 Å². The second kappa shape index (κ2) is 13.7. The van der Waals surface area contributed by atoms with Crippen molar-refractivity contribution in [3.05, 3.63) is 23.3 Å². The van der Waals surface area contributed by atoms with Crippen molar-refractivity contribution < 1.29 is 27.0 Å². The van der Waals surface area contributed by atoms with Crippen LogP contribution in [0.4, 0.5) is 13.2 Å². The number of nitrogens with zero attached hydrogens (tertiary/aromatic N) is 1. The number of alkyl halides is 3. The van der Waals surface area contributed by atoms with Crippen LogP contribution >= 0.6 is 0 Å². The van der Waals surface area contributed by atoms with Crippen LogP contribution in [0.3, 0.4) is 0 Å². The molecule has 178 valence electrons. The molecule has 0 fully saturated rings. The zero-order valence-corrected chi connectivity index (χ0v) is 19.1. The number of nitrogens with two attached hydrogens (primary N) is 1. The summed E-state index contributed by atoms with van der Waals surface area (Å²) in [6, 6.07) is -1.05. The molecule has 3 unspecified atom stereocenters. The smallest absolute Gasteiger partial charge is 0.346 e. The maximum absolute atomic E-state index is 13.1. The average molecular weight is 466 g/mol. The van der Waals surface area contributed by atoms with Gasteiger partial charge in [-0.3, -0.25) is 13.8 Å². The van der Waals surface area contributed by atoms with Crippen LogP contribution in [0.1, 0.15) is 46.0 Å². The van der Waals surface area contributed by atoms with Crippen molar-refractivity contribution in [1.82, 2.24) is 10.2 Å². The summed E-state index contributed by atoms with van der Waals surface area (Å²) in [6.07, 6.45) is 1.34. The quantitative estimate of drug-likeness (QED) is 0.386. The molecule has 3 N–H and O–H groups in total. The minimum absolute atomic E-state index is 0.181. The highest BCUT2D eigenvalue weighted by Gasteiger charge is 2.29. The topological polar surface area (TPSA) is 92.5 Å². The van der Waals surface area contributed by atoms with Gasteiger partial charge in [0.05, 0.1) is 5.75 Å². The largest absolute Gasteiger partial charge is 0.389 e. The Labute approximate surface area is 184 Å². The fourth-order valence-corrected chi connectivity index (χ4v) is 4.58. The van der Waals surface area contributed by atoms with Gasteiger partial charge in [-0.1, -0.05) is 31.6 Å². The van der Waals surface area contributed by atoms with E-state index in [1.54, 1.807) is 4.90 Å². The number of rotatable bonds is 14. The Balaban J connectivity index is 2.87. The number of carbonyl (C=O) groups is 2. The maximum Gasteiger partial charge on any atom is 0.389 e. The van der Waals surface area contributed by atoms with Crippen molar-refractivity contribution in [2.45, 2.75) is 58.2 Å². The van der Waals surface area contributed by atoms with Crippen molar-refractivity contribution in [3.63, 3.8) is 0 Å². The van der Waals surface area contributed by atoms with Crippen LogP contribution < -0.4 is 11.1 Å². The summed E-state index contributed by atoms with van der Waals surface area (Å²) >= 11 is 0. The molecule has 0 spiro atoms. The molecule has 31 heavy (non-hydrogen) atoms. The van der Waals surface area contributed by atoms with Crippen molar-refractivity contribution in [1.29, 1.82) is 0 Å². The highest BCUT2D eigenvalue weighted by molar-refractivity contribution is 7.85. The molecule has 6 nitrogen and oxygen atoms in total. The molecule has 1 rings (SSSR count). The minimum atomic E-state index is -4.31. The Bertz CT molecular complexity index is 681. The summed E-state index contributed by atoms with van der Waals surface area (Å²) in [4.78, 5) is 25.8. The molecule has 1 aliphatic carbocycles. The van der Waals surface area contributed by atoms with Crippen molar-refractivity contribution >= 4 is 23.1 Å². The SMILES string of the molecule is CCC1=CCC(C)C(CN(CCCN)C(=O)C(CS(=O)CCCC(F)(F)F)NC=O)=C1.